The third-order valence-electron chi connectivity index (χ3n) is 1.51. The number of rotatable bonds is 2. The number of hydrogen-bond donors (Lipinski definition) is 0. The minimum absolute atomic E-state index is 0.0872. The first-order chi connectivity index (χ1) is 5.95. The van der Waals surface area contributed by atoms with Crippen molar-refractivity contribution in [3.63, 3.8) is 0 Å². The van der Waals surface area contributed by atoms with E-state index in [1.54, 1.807) is 0 Å². The summed E-state index contributed by atoms with van der Waals surface area (Å²) < 4.78 is 42.1. The highest BCUT2D eigenvalue weighted by Crippen LogP contribution is 2.29. The summed E-state index contributed by atoms with van der Waals surface area (Å²) in [6.45, 7) is 0.0872. The van der Waals surface area contributed by atoms with E-state index < -0.39 is 11.9 Å². The van der Waals surface area contributed by atoms with Gasteiger partial charge in [-0.2, -0.15) is 18.3 Å². The molecule has 0 amide bonds. The highest BCUT2D eigenvalue weighted by atomic mass is 19.4. The first-order valence-electron chi connectivity index (χ1n) is 3.54. The van der Waals surface area contributed by atoms with Gasteiger partial charge in [-0.15, -0.1) is 0 Å². The molecule has 1 aromatic heterocycles. The number of aryl methyl sites for hydroxylation is 1. The van der Waals surface area contributed by atoms with Gasteiger partial charge >= 0.3 is 6.18 Å². The van der Waals surface area contributed by atoms with Crippen molar-refractivity contribution in [2.75, 3.05) is 7.11 Å². The van der Waals surface area contributed by atoms with Crippen molar-refractivity contribution < 1.29 is 17.9 Å². The molecule has 0 saturated heterocycles. The Morgan fingerprint density at radius 3 is 2.54 bits per heavy atom. The molecule has 0 saturated carbocycles. The average Bonchev–Trinajstić information content (AvgIpc) is 2.30. The second-order valence-electron chi connectivity index (χ2n) is 2.58. The Labute approximate surface area is 73.1 Å². The van der Waals surface area contributed by atoms with Crippen LogP contribution in [0.5, 0.6) is 0 Å². The first-order valence-corrected chi connectivity index (χ1v) is 3.54. The fourth-order valence-corrected chi connectivity index (χ4v) is 1.01. The number of hydrogen-bond acceptors (Lipinski definition) is 2. The third kappa shape index (κ3) is 2.21. The SMILES string of the molecule is COCc1cc(C(F)(F)F)n(C)n1. The standard InChI is InChI=1S/C7H9F3N2O/c1-12-6(7(8,9)10)3-5(11-12)4-13-2/h3H,4H2,1-2H3. The zero-order valence-corrected chi connectivity index (χ0v) is 7.22. The smallest absolute Gasteiger partial charge is 0.378 e. The first kappa shape index (κ1) is 10.0. The van der Waals surface area contributed by atoms with Gasteiger partial charge in [0.05, 0.1) is 12.3 Å². The van der Waals surface area contributed by atoms with Gasteiger partial charge in [0.1, 0.15) is 5.69 Å². The second-order valence-corrected chi connectivity index (χ2v) is 2.58. The van der Waals surface area contributed by atoms with Crippen molar-refractivity contribution in [3.8, 4) is 0 Å². The lowest BCUT2D eigenvalue weighted by Crippen LogP contribution is -2.11. The summed E-state index contributed by atoms with van der Waals surface area (Å²) in [5.41, 5.74) is -0.489. The number of halogens is 3. The van der Waals surface area contributed by atoms with Gasteiger partial charge in [-0.3, -0.25) is 4.68 Å². The molecule has 0 aliphatic carbocycles. The zero-order chi connectivity index (χ0) is 10.1. The normalized spacial score (nSPS) is 12.1. The van der Waals surface area contributed by atoms with Crippen LogP contribution in [0.4, 0.5) is 13.2 Å². The van der Waals surface area contributed by atoms with Crippen molar-refractivity contribution in [1.29, 1.82) is 0 Å². The summed E-state index contributed by atoms with van der Waals surface area (Å²) in [5.74, 6) is 0. The lowest BCUT2D eigenvalue weighted by molar-refractivity contribution is -0.143. The van der Waals surface area contributed by atoms with E-state index in [0.29, 0.717) is 0 Å². The summed E-state index contributed by atoms with van der Waals surface area (Å²) in [6, 6.07) is 0.976. The second kappa shape index (κ2) is 3.37. The average molecular weight is 194 g/mol. The Morgan fingerprint density at radius 1 is 1.54 bits per heavy atom. The van der Waals surface area contributed by atoms with Gasteiger partial charge < -0.3 is 4.74 Å². The van der Waals surface area contributed by atoms with Crippen molar-refractivity contribution in [2.45, 2.75) is 12.8 Å². The minimum Gasteiger partial charge on any atom is -0.378 e. The molecule has 1 aromatic rings. The molecular formula is C7H9F3N2O. The summed E-state index contributed by atoms with van der Waals surface area (Å²) in [4.78, 5) is 0. The van der Waals surface area contributed by atoms with E-state index in [9.17, 15) is 13.2 Å². The van der Waals surface area contributed by atoms with Crippen molar-refractivity contribution in [1.82, 2.24) is 9.78 Å². The molecule has 0 aliphatic heterocycles. The molecule has 6 heteroatoms. The maximum absolute atomic E-state index is 12.2. The van der Waals surface area contributed by atoms with Gasteiger partial charge in [0.25, 0.3) is 0 Å². The van der Waals surface area contributed by atoms with Gasteiger partial charge in [-0.05, 0) is 6.07 Å². The Hall–Kier alpha value is -1.04. The highest BCUT2D eigenvalue weighted by molar-refractivity contribution is 5.12. The Bertz CT molecular complexity index is 292. The topological polar surface area (TPSA) is 27.1 Å². The molecule has 3 nitrogen and oxygen atoms in total. The molecule has 0 aliphatic rings. The van der Waals surface area contributed by atoms with Gasteiger partial charge in [0.15, 0.2) is 0 Å². The number of nitrogens with zero attached hydrogens (tertiary/aromatic N) is 2. The fraction of sp³-hybridized carbons (Fsp3) is 0.571. The molecule has 13 heavy (non-hydrogen) atoms. The predicted molar refractivity (Wildman–Crippen MR) is 38.9 cm³/mol. The summed E-state index contributed by atoms with van der Waals surface area (Å²) >= 11 is 0. The van der Waals surface area contributed by atoms with Gasteiger partial charge in [0.2, 0.25) is 0 Å². The van der Waals surface area contributed by atoms with Crippen LogP contribution in [-0.2, 0) is 24.6 Å². The molecule has 0 N–H and O–H groups in total. The number of alkyl halides is 3. The molecule has 0 fully saturated rings. The summed E-state index contributed by atoms with van der Waals surface area (Å²) in [5, 5.41) is 3.64. The highest BCUT2D eigenvalue weighted by Gasteiger charge is 2.34. The van der Waals surface area contributed by atoms with Crippen LogP contribution in [0.1, 0.15) is 11.4 Å². The van der Waals surface area contributed by atoms with E-state index in [2.05, 4.69) is 9.84 Å². The van der Waals surface area contributed by atoms with Crippen LogP contribution < -0.4 is 0 Å². The third-order valence-corrected chi connectivity index (χ3v) is 1.51. The van der Waals surface area contributed by atoms with Gasteiger partial charge in [-0.25, -0.2) is 0 Å². The summed E-state index contributed by atoms with van der Waals surface area (Å²) in [6.07, 6.45) is -4.35. The minimum atomic E-state index is -4.35. The van der Waals surface area contributed by atoms with Crippen LogP contribution in [0, 0.1) is 0 Å². The van der Waals surface area contributed by atoms with E-state index >= 15 is 0 Å². The monoisotopic (exact) mass is 194 g/mol. The zero-order valence-electron chi connectivity index (χ0n) is 7.22. The van der Waals surface area contributed by atoms with Crippen LogP contribution in [0.3, 0.4) is 0 Å². The van der Waals surface area contributed by atoms with E-state index in [1.165, 1.54) is 14.2 Å². The molecule has 0 unspecified atom stereocenters. The van der Waals surface area contributed by atoms with E-state index in [4.69, 9.17) is 0 Å². The maximum atomic E-state index is 12.2. The van der Waals surface area contributed by atoms with Crippen LogP contribution in [0.15, 0.2) is 6.07 Å². The van der Waals surface area contributed by atoms with Gasteiger partial charge in [0, 0.05) is 14.2 Å². The van der Waals surface area contributed by atoms with E-state index in [0.717, 1.165) is 10.7 Å². The van der Waals surface area contributed by atoms with E-state index in [1.807, 2.05) is 0 Å². The quantitative estimate of drug-likeness (QED) is 0.714. The molecule has 0 radical (unpaired) electrons. The largest absolute Gasteiger partial charge is 0.433 e. The predicted octanol–water partition coefficient (Wildman–Crippen LogP) is 1.59. The molecule has 1 heterocycles. The maximum Gasteiger partial charge on any atom is 0.433 e. The Balaban J connectivity index is 2.96. The molecule has 1 rings (SSSR count). The Morgan fingerprint density at radius 2 is 2.15 bits per heavy atom. The number of methoxy groups -OCH3 is 1. The van der Waals surface area contributed by atoms with Gasteiger partial charge in [-0.1, -0.05) is 0 Å². The van der Waals surface area contributed by atoms with Crippen molar-refractivity contribution >= 4 is 0 Å². The van der Waals surface area contributed by atoms with E-state index in [-0.39, 0.29) is 12.3 Å². The lowest BCUT2D eigenvalue weighted by Gasteiger charge is -2.04. The molecule has 0 spiro atoms. The van der Waals surface area contributed by atoms with Crippen LogP contribution in [0.25, 0.3) is 0 Å². The molecule has 0 bridgehead atoms. The van der Waals surface area contributed by atoms with Crippen molar-refractivity contribution in [2.24, 2.45) is 7.05 Å². The van der Waals surface area contributed by atoms with Crippen LogP contribution in [-0.4, -0.2) is 16.9 Å². The lowest BCUT2D eigenvalue weighted by atomic mass is 10.3. The molecule has 0 aromatic carbocycles. The van der Waals surface area contributed by atoms with Crippen molar-refractivity contribution in [3.05, 3.63) is 17.5 Å². The number of ether oxygens (including phenoxy) is 1. The number of aromatic nitrogens is 2. The fourth-order valence-electron chi connectivity index (χ4n) is 1.01. The molecule has 74 valence electrons. The molecular weight excluding hydrogens is 185 g/mol. The van der Waals surface area contributed by atoms with Crippen LogP contribution >= 0.6 is 0 Å². The molecule has 0 atom stereocenters. The summed E-state index contributed by atoms with van der Waals surface area (Å²) in [7, 11) is 2.66. The van der Waals surface area contributed by atoms with Crippen LogP contribution in [0.2, 0.25) is 0 Å². The Kier molecular flexibility index (Phi) is 2.60.